The zero-order chi connectivity index (χ0) is 15.4. The van der Waals surface area contributed by atoms with Gasteiger partial charge in [0.15, 0.2) is 0 Å². The topological polar surface area (TPSA) is 47.6 Å². The first kappa shape index (κ1) is 19.4. The van der Waals surface area contributed by atoms with E-state index in [9.17, 15) is 4.79 Å². The van der Waals surface area contributed by atoms with Gasteiger partial charge in [0, 0.05) is 19.3 Å². The van der Waals surface area contributed by atoms with Gasteiger partial charge in [0.05, 0.1) is 7.11 Å². The number of unbranched alkanes of at least 4 members (excludes halogenated alkanes) is 3. The van der Waals surface area contributed by atoms with Crippen molar-refractivity contribution in [3.8, 4) is 0 Å². The number of methoxy groups -OCH3 is 1. The highest BCUT2D eigenvalue weighted by Gasteiger charge is 2.33. The second-order valence-corrected chi connectivity index (χ2v) is 5.90. The van der Waals surface area contributed by atoms with Crippen LogP contribution in [0.15, 0.2) is 0 Å². The van der Waals surface area contributed by atoms with E-state index in [0.717, 1.165) is 38.9 Å². The van der Waals surface area contributed by atoms with Crippen molar-refractivity contribution in [3.63, 3.8) is 0 Å². The van der Waals surface area contributed by atoms with Crippen molar-refractivity contribution in [2.45, 2.75) is 77.8 Å². The van der Waals surface area contributed by atoms with E-state index in [0.29, 0.717) is 0 Å². The molecule has 0 aromatic carbocycles. The molecule has 0 bridgehead atoms. The summed E-state index contributed by atoms with van der Waals surface area (Å²) in [6, 6.07) is 0.254. The molecule has 120 valence electrons. The molecule has 0 aromatic heterocycles. The standard InChI is InChI=1S/C16H33NO3/c1-6-7-9-12-20-13-10-8-11-16(4,15(18)19-5)17-14(2)3/h14,17H,6-13H2,1-5H3. The molecule has 4 nitrogen and oxygen atoms in total. The number of carbonyl (C=O) groups is 1. The van der Waals surface area contributed by atoms with Crippen LogP contribution in [0.3, 0.4) is 0 Å². The van der Waals surface area contributed by atoms with Crippen LogP contribution in [-0.4, -0.2) is 37.9 Å². The predicted octanol–water partition coefficient (Wildman–Crippen LogP) is 3.29. The van der Waals surface area contributed by atoms with Crippen LogP contribution in [0.4, 0.5) is 0 Å². The molecular formula is C16H33NO3. The predicted molar refractivity (Wildman–Crippen MR) is 82.9 cm³/mol. The van der Waals surface area contributed by atoms with E-state index in [2.05, 4.69) is 12.2 Å². The molecular weight excluding hydrogens is 254 g/mol. The molecule has 1 unspecified atom stereocenters. The van der Waals surface area contributed by atoms with Gasteiger partial charge in [-0.3, -0.25) is 10.1 Å². The molecule has 0 heterocycles. The highest BCUT2D eigenvalue weighted by atomic mass is 16.5. The highest BCUT2D eigenvalue weighted by Crippen LogP contribution is 2.17. The normalized spacial score (nSPS) is 14.3. The fourth-order valence-corrected chi connectivity index (χ4v) is 2.33. The smallest absolute Gasteiger partial charge is 0.325 e. The minimum absolute atomic E-state index is 0.185. The summed E-state index contributed by atoms with van der Waals surface area (Å²) in [6.45, 7) is 9.82. The van der Waals surface area contributed by atoms with Gasteiger partial charge in [0.25, 0.3) is 0 Å². The molecule has 0 amide bonds. The second-order valence-electron chi connectivity index (χ2n) is 5.90. The van der Waals surface area contributed by atoms with E-state index >= 15 is 0 Å². The zero-order valence-corrected chi connectivity index (χ0v) is 14.0. The Labute approximate surface area is 124 Å². The van der Waals surface area contributed by atoms with Gasteiger partial charge < -0.3 is 9.47 Å². The molecule has 0 saturated carbocycles. The summed E-state index contributed by atoms with van der Waals surface area (Å²) in [5.74, 6) is -0.185. The van der Waals surface area contributed by atoms with Crippen molar-refractivity contribution >= 4 is 5.97 Å². The molecule has 4 heteroatoms. The lowest BCUT2D eigenvalue weighted by Gasteiger charge is -2.30. The van der Waals surface area contributed by atoms with E-state index in [1.54, 1.807) is 0 Å². The number of esters is 1. The molecule has 20 heavy (non-hydrogen) atoms. The Balaban J connectivity index is 3.88. The highest BCUT2D eigenvalue weighted by molar-refractivity contribution is 5.80. The molecule has 1 N–H and O–H groups in total. The number of hydrogen-bond acceptors (Lipinski definition) is 4. The fourth-order valence-electron chi connectivity index (χ4n) is 2.33. The van der Waals surface area contributed by atoms with Crippen molar-refractivity contribution < 1.29 is 14.3 Å². The first-order valence-electron chi connectivity index (χ1n) is 7.90. The van der Waals surface area contributed by atoms with Crippen molar-refractivity contribution in [2.24, 2.45) is 0 Å². The van der Waals surface area contributed by atoms with E-state index in [1.165, 1.54) is 20.0 Å². The third-order valence-electron chi connectivity index (χ3n) is 3.35. The van der Waals surface area contributed by atoms with Gasteiger partial charge in [-0.1, -0.05) is 19.8 Å². The molecule has 0 aliphatic heterocycles. The Morgan fingerprint density at radius 2 is 1.75 bits per heavy atom. The number of carbonyl (C=O) groups excluding carboxylic acids is 1. The Morgan fingerprint density at radius 1 is 1.15 bits per heavy atom. The first-order chi connectivity index (χ1) is 9.46. The van der Waals surface area contributed by atoms with Gasteiger partial charge in [0.2, 0.25) is 0 Å². The third kappa shape index (κ3) is 8.54. The van der Waals surface area contributed by atoms with Crippen molar-refractivity contribution in [2.75, 3.05) is 20.3 Å². The van der Waals surface area contributed by atoms with E-state index in [1.807, 2.05) is 20.8 Å². The fraction of sp³-hybridized carbons (Fsp3) is 0.938. The summed E-state index contributed by atoms with van der Waals surface area (Å²) in [6.07, 6.45) is 6.32. The molecule has 1 atom stereocenters. The van der Waals surface area contributed by atoms with Crippen LogP contribution in [0.1, 0.15) is 66.2 Å². The molecule has 0 aliphatic rings. The quantitative estimate of drug-likeness (QED) is 0.442. The average molecular weight is 287 g/mol. The minimum atomic E-state index is -0.592. The van der Waals surface area contributed by atoms with Crippen LogP contribution in [-0.2, 0) is 14.3 Å². The van der Waals surface area contributed by atoms with Crippen LogP contribution in [0, 0.1) is 0 Å². The van der Waals surface area contributed by atoms with Gasteiger partial charge >= 0.3 is 5.97 Å². The lowest BCUT2D eigenvalue weighted by Crippen LogP contribution is -2.52. The zero-order valence-electron chi connectivity index (χ0n) is 14.0. The molecule has 0 rings (SSSR count). The Bertz CT molecular complexity index is 256. The monoisotopic (exact) mass is 287 g/mol. The first-order valence-corrected chi connectivity index (χ1v) is 7.90. The number of ether oxygens (including phenoxy) is 2. The summed E-state index contributed by atoms with van der Waals surface area (Å²) in [4.78, 5) is 11.9. The molecule has 0 aliphatic carbocycles. The summed E-state index contributed by atoms with van der Waals surface area (Å²) in [7, 11) is 1.44. The van der Waals surface area contributed by atoms with Crippen LogP contribution >= 0.6 is 0 Å². The minimum Gasteiger partial charge on any atom is -0.468 e. The van der Waals surface area contributed by atoms with Crippen molar-refractivity contribution in [1.29, 1.82) is 0 Å². The summed E-state index contributed by atoms with van der Waals surface area (Å²) >= 11 is 0. The molecule has 0 fully saturated rings. The summed E-state index contributed by atoms with van der Waals surface area (Å²) < 4.78 is 10.5. The maximum atomic E-state index is 11.9. The van der Waals surface area contributed by atoms with Gasteiger partial charge in [0.1, 0.15) is 5.54 Å². The third-order valence-corrected chi connectivity index (χ3v) is 3.35. The Hall–Kier alpha value is -0.610. The lowest BCUT2D eigenvalue weighted by molar-refractivity contribution is -0.148. The lowest BCUT2D eigenvalue weighted by atomic mass is 9.94. The number of hydrogen-bond donors (Lipinski definition) is 1. The van der Waals surface area contributed by atoms with Crippen molar-refractivity contribution in [3.05, 3.63) is 0 Å². The maximum Gasteiger partial charge on any atom is 0.325 e. The van der Waals surface area contributed by atoms with Gasteiger partial charge in [-0.05, 0) is 46.5 Å². The second kappa shape index (κ2) is 11.1. The van der Waals surface area contributed by atoms with E-state index in [-0.39, 0.29) is 12.0 Å². The molecule has 0 aromatic rings. The van der Waals surface area contributed by atoms with E-state index in [4.69, 9.17) is 9.47 Å². The average Bonchev–Trinajstić information content (AvgIpc) is 2.40. The molecule has 0 radical (unpaired) electrons. The SMILES string of the molecule is CCCCCOCCCCC(C)(NC(C)C)C(=O)OC. The summed E-state index contributed by atoms with van der Waals surface area (Å²) in [5.41, 5.74) is -0.592. The molecule has 0 saturated heterocycles. The Morgan fingerprint density at radius 3 is 2.25 bits per heavy atom. The Kier molecular flexibility index (Phi) is 10.8. The largest absolute Gasteiger partial charge is 0.468 e. The van der Waals surface area contributed by atoms with Gasteiger partial charge in [-0.25, -0.2) is 0 Å². The number of nitrogens with one attached hydrogen (secondary N) is 1. The van der Waals surface area contributed by atoms with Crippen LogP contribution < -0.4 is 5.32 Å². The maximum absolute atomic E-state index is 11.9. The van der Waals surface area contributed by atoms with E-state index < -0.39 is 5.54 Å². The van der Waals surface area contributed by atoms with Gasteiger partial charge in [-0.15, -0.1) is 0 Å². The number of rotatable bonds is 12. The molecule has 0 spiro atoms. The van der Waals surface area contributed by atoms with Crippen LogP contribution in [0.25, 0.3) is 0 Å². The van der Waals surface area contributed by atoms with Crippen molar-refractivity contribution in [1.82, 2.24) is 5.32 Å². The van der Waals surface area contributed by atoms with Crippen LogP contribution in [0.2, 0.25) is 0 Å². The van der Waals surface area contributed by atoms with Crippen LogP contribution in [0.5, 0.6) is 0 Å². The van der Waals surface area contributed by atoms with Gasteiger partial charge in [-0.2, -0.15) is 0 Å². The summed E-state index contributed by atoms with van der Waals surface area (Å²) in [5, 5.41) is 3.31.